The zero-order valence-electron chi connectivity index (χ0n) is 7.71. The van der Waals surface area contributed by atoms with E-state index in [1.165, 1.54) is 0 Å². The van der Waals surface area contributed by atoms with Crippen molar-refractivity contribution in [2.24, 2.45) is 7.05 Å². The summed E-state index contributed by atoms with van der Waals surface area (Å²) in [5.74, 6) is 0. The van der Waals surface area contributed by atoms with Gasteiger partial charge < -0.3 is 0 Å². The molecule has 0 atom stereocenters. The van der Waals surface area contributed by atoms with E-state index in [0.717, 1.165) is 17.0 Å². The van der Waals surface area contributed by atoms with E-state index in [4.69, 9.17) is 0 Å². The van der Waals surface area contributed by atoms with Crippen LogP contribution in [0.1, 0.15) is 17.0 Å². The summed E-state index contributed by atoms with van der Waals surface area (Å²) in [5.41, 5.74) is 2.73. The van der Waals surface area contributed by atoms with Gasteiger partial charge in [0.25, 0.3) is 0 Å². The van der Waals surface area contributed by atoms with Crippen LogP contribution in [0.3, 0.4) is 0 Å². The van der Waals surface area contributed by atoms with Gasteiger partial charge in [-0.05, 0) is 26.3 Å². The maximum Gasteiger partial charge on any atom is 0.347 e. The Kier molecular flexibility index (Phi) is 3.46. The molecule has 0 N–H and O–H groups in total. The summed E-state index contributed by atoms with van der Waals surface area (Å²) in [6, 6.07) is 0. The minimum atomic E-state index is -0.175. The second-order valence-electron chi connectivity index (χ2n) is 2.75. The van der Waals surface area contributed by atoms with Gasteiger partial charge in [0.1, 0.15) is 0 Å². The molecule has 0 saturated carbocycles. The largest absolute Gasteiger partial charge is 0.347 e. The molecule has 0 radical (unpaired) electrons. The third kappa shape index (κ3) is 1.67. The molecule has 0 saturated heterocycles. The number of nitrogens with zero attached hydrogens (tertiary/aromatic N) is 2. The van der Waals surface area contributed by atoms with Crippen molar-refractivity contribution in [2.75, 3.05) is 0 Å². The molecule has 0 aliphatic heterocycles. The SMILES string of the molecule is Cc1nc(=O)n(C)c(C)c1C.Cl. The Morgan fingerprint density at radius 2 is 1.75 bits per heavy atom. The molecule has 1 aromatic rings. The summed E-state index contributed by atoms with van der Waals surface area (Å²) in [5, 5.41) is 0. The van der Waals surface area contributed by atoms with Gasteiger partial charge in [0.2, 0.25) is 0 Å². The maximum atomic E-state index is 11.1. The minimum Gasteiger partial charge on any atom is -0.299 e. The molecule has 0 aromatic carbocycles. The Balaban J connectivity index is 0.00000121. The lowest BCUT2D eigenvalue weighted by Crippen LogP contribution is -2.24. The van der Waals surface area contributed by atoms with Crippen LogP contribution in [0.4, 0.5) is 0 Å². The molecule has 0 spiro atoms. The number of halogens is 1. The summed E-state index contributed by atoms with van der Waals surface area (Å²) in [6.45, 7) is 5.74. The first-order valence-corrected chi connectivity index (χ1v) is 3.55. The van der Waals surface area contributed by atoms with Crippen molar-refractivity contribution in [1.29, 1.82) is 0 Å². The van der Waals surface area contributed by atoms with Crippen molar-refractivity contribution in [3.8, 4) is 0 Å². The van der Waals surface area contributed by atoms with E-state index in [9.17, 15) is 4.79 Å². The van der Waals surface area contributed by atoms with Gasteiger partial charge in [-0.1, -0.05) is 0 Å². The van der Waals surface area contributed by atoms with Gasteiger partial charge in [-0.3, -0.25) is 4.57 Å². The second kappa shape index (κ2) is 3.72. The normalized spacial score (nSPS) is 9.33. The van der Waals surface area contributed by atoms with Gasteiger partial charge in [0.05, 0.1) is 0 Å². The lowest BCUT2D eigenvalue weighted by Gasteiger charge is -2.06. The topological polar surface area (TPSA) is 34.9 Å². The highest BCUT2D eigenvalue weighted by molar-refractivity contribution is 5.85. The average molecular weight is 189 g/mol. The number of aryl methyl sites for hydroxylation is 1. The van der Waals surface area contributed by atoms with E-state index in [2.05, 4.69) is 4.98 Å². The van der Waals surface area contributed by atoms with Crippen molar-refractivity contribution in [2.45, 2.75) is 20.8 Å². The summed E-state index contributed by atoms with van der Waals surface area (Å²) in [7, 11) is 1.73. The molecule has 0 aliphatic rings. The van der Waals surface area contributed by atoms with Crippen molar-refractivity contribution >= 4 is 12.4 Å². The van der Waals surface area contributed by atoms with Crippen LogP contribution in [-0.2, 0) is 7.05 Å². The highest BCUT2D eigenvalue weighted by atomic mass is 35.5. The third-order valence-corrected chi connectivity index (χ3v) is 2.14. The summed E-state index contributed by atoms with van der Waals surface area (Å²) in [4.78, 5) is 14.9. The number of hydrogen-bond acceptors (Lipinski definition) is 2. The summed E-state index contributed by atoms with van der Waals surface area (Å²) in [6.07, 6.45) is 0. The first kappa shape index (κ1) is 11.2. The van der Waals surface area contributed by atoms with E-state index in [-0.39, 0.29) is 18.1 Å². The van der Waals surface area contributed by atoms with Crippen molar-refractivity contribution < 1.29 is 0 Å². The molecule has 3 nitrogen and oxygen atoms in total. The van der Waals surface area contributed by atoms with Crippen molar-refractivity contribution in [1.82, 2.24) is 9.55 Å². The van der Waals surface area contributed by atoms with Gasteiger partial charge in [-0.2, -0.15) is 4.98 Å². The molecule has 1 rings (SSSR count). The van der Waals surface area contributed by atoms with E-state index < -0.39 is 0 Å². The highest BCUT2D eigenvalue weighted by Crippen LogP contribution is 2.04. The van der Waals surface area contributed by atoms with Crippen LogP contribution < -0.4 is 5.69 Å². The lowest BCUT2D eigenvalue weighted by atomic mass is 10.2. The fourth-order valence-corrected chi connectivity index (χ4v) is 0.959. The van der Waals surface area contributed by atoms with Crippen LogP contribution >= 0.6 is 12.4 Å². The summed E-state index contributed by atoms with van der Waals surface area (Å²) >= 11 is 0. The lowest BCUT2D eigenvalue weighted by molar-refractivity contribution is 0.753. The van der Waals surface area contributed by atoms with Gasteiger partial charge in [0, 0.05) is 18.4 Å². The van der Waals surface area contributed by atoms with E-state index >= 15 is 0 Å². The van der Waals surface area contributed by atoms with Crippen LogP contribution in [0, 0.1) is 20.8 Å². The molecule has 0 fully saturated rings. The van der Waals surface area contributed by atoms with Gasteiger partial charge in [0.15, 0.2) is 0 Å². The van der Waals surface area contributed by atoms with Crippen LogP contribution in [0.15, 0.2) is 4.79 Å². The Bertz CT molecular complexity index is 344. The van der Waals surface area contributed by atoms with Crippen LogP contribution in [0.25, 0.3) is 0 Å². The fraction of sp³-hybridized carbons (Fsp3) is 0.500. The molecule has 1 heterocycles. The number of hydrogen-bond donors (Lipinski definition) is 0. The predicted molar refractivity (Wildman–Crippen MR) is 50.9 cm³/mol. The molecule has 12 heavy (non-hydrogen) atoms. The van der Waals surface area contributed by atoms with E-state index in [1.807, 2.05) is 20.8 Å². The van der Waals surface area contributed by atoms with Gasteiger partial charge in [-0.15, -0.1) is 12.4 Å². The van der Waals surface area contributed by atoms with E-state index in [1.54, 1.807) is 11.6 Å². The zero-order valence-corrected chi connectivity index (χ0v) is 8.53. The minimum absolute atomic E-state index is 0. The third-order valence-electron chi connectivity index (χ3n) is 2.14. The molecular weight excluding hydrogens is 176 g/mol. The molecule has 0 unspecified atom stereocenters. The first-order valence-electron chi connectivity index (χ1n) is 3.55. The fourth-order valence-electron chi connectivity index (χ4n) is 0.959. The molecule has 0 amide bonds. The molecule has 0 aliphatic carbocycles. The second-order valence-corrected chi connectivity index (χ2v) is 2.75. The monoisotopic (exact) mass is 188 g/mol. The maximum absolute atomic E-state index is 11.1. The number of aromatic nitrogens is 2. The van der Waals surface area contributed by atoms with Crippen LogP contribution in [-0.4, -0.2) is 9.55 Å². The Labute approximate surface area is 77.9 Å². The Morgan fingerprint density at radius 3 is 2.25 bits per heavy atom. The summed E-state index contributed by atoms with van der Waals surface area (Å²) < 4.78 is 1.56. The molecule has 68 valence electrons. The van der Waals surface area contributed by atoms with Gasteiger partial charge in [-0.25, -0.2) is 4.79 Å². The van der Waals surface area contributed by atoms with E-state index in [0.29, 0.717) is 0 Å². The number of rotatable bonds is 0. The van der Waals surface area contributed by atoms with Crippen LogP contribution in [0.5, 0.6) is 0 Å². The highest BCUT2D eigenvalue weighted by Gasteiger charge is 2.02. The standard InChI is InChI=1S/C8H12N2O.ClH/c1-5-6(2)9-8(11)10(4)7(5)3;/h1-4H3;1H. The Morgan fingerprint density at radius 1 is 1.25 bits per heavy atom. The van der Waals surface area contributed by atoms with Crippen molar-refractivity contribution in [3.63, 3.8) is 0 Å². The zero-order chi connectivity index (χ0) is 8.59. The molecule has 0 bridgehead atoms. The molecular formula is C8H13ClN2O. The molecule has 1 aromatic heterocycles. The van der Waals surface area contributed by atoms with Crippen molar-refractivity contribution in [3.05, 3.63) is 27.4 Å². The van der Waals surface area contributed by atoms with Gasteiger partial charge >= 0.3 is 5.69 Å². The Hall–Kier alpha value is -0.830. The first-order chi connectivity index (χ1) is 5.04. The smallest absolute Gasteiger partial charge is 0.299 e. The average Bonchev–Trinajstić information content (AvgIpc) is 1.97. The predicted octanol–water partition coefficient (Wildman–Crippen LogP) is 1.13. The molecule has 4 heteroatoms. The van der Waals surface area contributed by atoms with Crippen LogP contribution in [0.2, 0.25) is 0 Å². The quantitative estimate of drug-likeness (QED) is 0.612.